The summed E-state index contributed by atoms with van der Waals surface area (Å²) in [6, 6.07) is 21.7. The minimum Gasteiger partial charge on any atom is -0.493 e. The molecule has 4 heteroatoms. The van der Waals surface area contributed by atoms with Crippen molar-refractivity contribution in [1.29, 1.82) is 0 Å². The summed E-state index contributed by atoms with van der Waals surface area (Å²) in [6.07, 6.45) is 0. The number of methoxy groups -OCH3 is 2. The zero-order valence-corrected chi connectivity index (χ0v) is 14.0. The molecular formula is C21H17NO3. The molecule has 1 heterocycles. The molecule has 25 heavy (non-hydrogen) atoms. The second-order valence-corrected chi connectivity index (χ2v) is 5.60. The Balaban J connectivity index is 1.87. The lowest BCUT2D eigenvalue weighted by Crippen LogP contribution is -1.91. The van der Waals surface area contributed by atoms with Crippen molar-refractivity contribution in [3.05, 3.63) is 66.7 Å². The lowest BCUT2D eigenvalue weighted by atomic mass is 9.99. The molecule has 0 aliphatic heterocycles. The zero-order valence-electron chi connectivity index (χ0n) is 14.0. The van der Waals surface area contributed by atoms with Crippen LogP contribution in [0.15, 0.2) is 71.1 Å². The Labute approximate surface area is 145 Å². The van der Waals surface area contributed by atoms with Gasteiger partial charge in [-0.1, -0.05) is 36.4 Å². The van der Waals surface area contributed by atoms with E-state index in [1.807, 2.05) is 66.7 Å². The summed E-state index contributed by atoms with van der Waals surface area (Å²) in [7, 11) is 3.26. The molecule has 0 bridgehead atoms. The monoisotopic (exact) mass is 331 g/mol. The summed E-state index contributed by atoms with van der Waals surface area (Å²) < 4.78 is 16.7. The first kappa shape index (κ1) is 15.3. The summed E-state index contributed by atoms with van der Waals surface area (Å²) in [5.74, 6) is 1.99. The molecule has 0 aliphatic carbocycles. The largest absolute Gasteiger partial charge is 0.493 e. The summed E-state index contributed by atoms with van der Waals surface area (Å²) in [5, 5.41) is 0. The van der Waals surface area contributed by atoms with E-state index < -0.39 is 0 Å². The van der Waals surface area contributed by atoms with Crippen LogP contribution < -0.4 is 9.47 Å². The Bertz CT molecular complexity index is 1000. The van der Waals surface area contributed by atoms with Crippen molar-refractivity contribution in [2.45, 2.75) is 0 Å². The molecule has 0 radical (unpaired) electrons. The quantitative estimate of drug-likeness (QED) is 0.517. The molecule has 0 atom stereocenters. The number of rotatable bonds is 4. The second-order valence-electron chi connectivity index (χ2n) is 5.60. The van der Waals surface area contributed by atoms with E-state index in [9.17, 15) is 0 Å². The minimum absolute atomic E-state index is 0.603. The Hall–Kier alpha value is -3.27. The van der Waals surface area contributed by atoms with E-state index in [4.69, 9.17) is 13.9 Å². The van der Waals surface area contributed by atoms with Crippen LogP contribution in [0.4, 0.5) is 0 Å². The number of nitrogens with zero attached hydrogens (tertiary/aromatic N) is 1. The van der Waals surface area contributed by atoms with Gasteiger partial charge in [-0.25, -0.2) is 4.98 Å². The molecule has 0 unspecified atom stereocenters. The molecule has 0 saturated carbocycles. The van der Waals surface area contributed by atoms with E-state index in [0.29, 0.717) is 17.4 Å². The van der Waals surface area contributed by atoms with Crippen molar-refractivity contribution >= 4 is 11.1 Å². The first-order valence-electron chi connectivity index (χ1n) is 7.97. The normalized spacial score (nSPS) is 10.8. The number of oxazole rings is 1. The number of hydrogen-bond acceptors (Lipinski definition) is 4. The van der Waals surface area contributed by atoms with Gasteiger partial charge in [0.25, 0.3) is 0 Å². The van der Waals surface area contributed by atoms with Gasteiger partial charge in [-0.3, -0.25) is 0 Å². The lowest BCUT2D eigenvalue weighted by Gasteiger charge is -2.11. The predicted molar refractivity (Wildman–Crippen MR) is 98.0 cm³/mol. The Morgan fingerprint density at radius 3 is 2.24 bits per heavy atom. The van der Waals surface area contributed by atoms with Crippen LogP contribution in [0.1, 0.15) is 0 Å². The fourth-order valence-corrected chi connectivity index (χ4v) is 2.91. The van der Waals surface area contributed by atoms with Crippen LogP contribution in [0.2, 0.25) is 0 Å². The maximum absolute atomic E-state index is 5.95. The Morgan fingerprint density at radius 1 is 0.760 bits per heavy atom. The fraction of sp³-hybridized carbons (Fsp3) is 0.0952. The average molecular weight is 331 g/mol. The van der Waals surface area contributed by atoms with Gasteiger partial charge in [-0.15, -0.1) is 0 Å². The Morgan fingerprint density at radius 2 is 1.48 bits per heavy atom. The molecule has 124 valence electrons. The van der Waals surface area contributed by atoms with Crippen molar-refractivity contribution in [3.63, 3.8) is 0 Å². The van der Waals surface area contributed by atoms with Gasteiger partial charge in [0.05, 0.1) is 14.2 Å². The van der Waals surface area contributed by atoms with Crippen LogP contribution in [-0.4, -0.2) is 19.2 Å². The highest BCUT2D eigenvalue weighted by atomic mass is 16.5. The molecule has 4 nitrogen and oxygen atoms in total. The van der Waals surface area contributed by atoms with Crippen molar-refractivity contribution in [1.82, 2.24) is 4.98 Å². The smallest absolute Gasteiger partial charge is 0.227 e. The fourth-order valence-electron chi connectivity index (χ4n) is 2.91. The molecule has 4 aromatic rings. The summed E-state index contributed by atoms with van der Waals surface area (Å²) in [6.45, 7) is 0. The molecule has 0 fully saturated rings. The minimum atomic E-state index is 0.603. The SMILES string of the molecule is COc1ccc(-c2ccccc2-c2nc3ccccc3o2)cc1OC. The molecule has 0 saturated heterocycles. The van der Waals surface area contributed by atoms with Crippen LogP contribution in [0.3, 0.4) is 0 Å². The maximum Gasteiger partial charge on any atom is 0.227 e. The number of fused-ring (bicyclic) bond motifs is 1. The molecule has 4 rings (SSSR count). The topological polar surface area (TPSA) is 44.5 Å². The zero-order chi connectivity index (χ0) is 17.2. The van der Waals surface area contributed by atoms with Crippen LogP contribution in [0.5, 0.6) is 11.5 Å². The van der Waals surface area contributed by atoms with Gasteiger partial charge >= 0.3 is 0 Å². The molecule has 0 spiro atoms. The standard InChI is InChI=1S/C21H17NO3/c1-23-19-12-11-14(13-20(19)24-2)15-7-3-4-8-16(15)21-22-17-9-5-6-10-18(17)25-21/h3-13H,1-2H3. The highest BCUT2D eigenvalue weighted by Crippen LogP contribution is 2.37. The molecule has 1 aromatic heterocycles. The van der Waals surface area contributed by atoms with Crippen LogP contribution in [-0.2, 0) is 0 Å². The van der Waals surface area contributed by atoms with E-state index in [1.165, 1.54) is 0 Å². The van der Waals surface area contributed by atoms with Gasteiger partial charge in [0.2, 0.25) is 5.89 Å². The van der Waals surface area contributed by atoms with Crippen LogP contribution >= 0.6 is 0 Å². The van der Waals surface area contributed by atoms with Gasteiger partial charge in [0.15, 0.2) is 17.1 Å². The van der Waals surface area contributed by atoms with E-state index in [1.54, 1.807) is 14.2 Å². The molecular weight excluding hydrogens is 314 g/mol. The van der Waals surface area contributed by atoms with Crippen molar-refractivity contribution in [3.8, 4) is 34.1 Å². The first-order valence-corrected chi connectivity index (χ1v) is 7.97. The molecule has 0 aliphatic rings. The van der Waals surface area contributed by atoms with Gasteiger partial charge < -0.3 is 13.9 Å². The molecule has 3 aromatic carbocycles. The van der Waals surface area contributed by atoms with E-state index in [0.717, 1.165) is 27.8 Å². The highest BCUT2D eigenvalue weighted by molar-refractivity contribution is 5.84. The van der Waals surface area contributed by atoms with Gasteiger partial charge in [-0.2, -0.15) is 0 Å². The summed E-state index contributed by atoms with van der Waals surface area (Å²) in [5.41, 5.74) is 4.59. The van der Waals surface area contributed by atoms with Gasteiger partial charge in [0.1, 0.15) is 5.52 Å². The second kappa shape index (κ2) is 6.32. The number of ether oxygens (including phenoxy) is 2. The predicted octanol–water partition coefficient (Wildman–Crippen LogP) is 5.18. The van der Waals surface area contributed by atoms with Crippen molar-refractivity contribution in [2.75, 3.05) is 14.2 Å². The van der Waals surface area contributed by atoms with Gasteiger partial charge in [0, 0.05) is 5.56 Å². The van der Waals surface area contributed by atoms with Crippen molar-refractivity contribution < 1.29 is 13.9 Å². The number of benzene rings is 3. The van der Waals surface area contributed by atoms with E-state index >= 15 is 0 Å². The van der Waals surface area contributed by atoms with Gasteiger partial charge in [-0.05, 0) is 41.5 Å². The number of para-hydroxylation sites is 2. The Kier molecular flexibility index (Phi) is 3.86. The third kappa shape index (κ3) is 2.72. The number of aromatic nitrogens is 1. The molecule has 0 amide bonds. The third-order valence-corrected chi connectivity index (χ3v) is 4.15. The lowest BCUT2D eigenvalue weighted by molar-refractivity contribution is 0.355. The third-order valence-electron chi connectivity index (χ3n) is 4.15. The van der Waals surface area contributed by atoms with Crippen LogP contribution in [0, 0.1) is 0 Å². The highest BCUT2D eigenvalue weighted by Gasteiger charge is 2.14. The van der Waals surface area contributed by atoms with E-state index in [-0.39, 0.29) is 0 Å². The summed E-state index contributed by atoms with van der Waals surface area (Å²) in [4.78, 5) is 4.62. The summed E-state index contributed by atoms with van der Waals surface area (Å²) >= 11 is 0. The van der Waals surface area contributed by atoms with Crippen LogP contribution in [0.25, 0.3) is 33.7 Å². The van der Waals surface area contributed by atoms with Crippen molar-refractivity contribution in [2.24, 2.45) is 0 Å². The number of hydrogen-bond donors (Lipinski definition) is 0. The maximum atomic E-state index is 5.95. The van der Waals surface area contributed by atoms with E-state index in [2.05, 4.69) is 4.98 Å². The first-order chi connectivity index (χ1) is 12.3. The molecule has 0 N–H and O–H groups in total. The average Bonchev–Trinajstić information content (AvgIpc) is 3.11.